The first-order chi connectivity index (χ1) is 9.61. The number of carbonyl (C=O) groups is 1. The van der Waals surface area contributed by atoms with Crippen molar-refractivity contribution in [3.05, 3.63) is 53.5 Å². The van der Waals surface area contributed by atoms with Crippen molar-refractivity contribution in [2.24, 2.45) is 0 Å². The predicted octanol–water partition coefficient (Wildman–Crippen LogP) is 2.32. The van der Waals surface area contributed by atoms with Gasteiger partial charge in [-0.25, -0.2) is 4.98 Å². The number of aryl methyl sites for hydroxylation is 1. The van der Waals surface area contributed by atoms with E-state index in [2.05, 4.69) is 20.6 Å². The van der Waals surface area contributed by atoms with Crippen LogP contribution in [0.2, 0.25) is 0 Å². The van der Waals surface area contributed by atoms with Crippen LogP contribution in [0, 0.1) is 6.92 Å². The molecule has 1 heterocycles. The summed E-state index contributed by atoms with van der Waals surface area (Å²) in [6, 6.07) is 7.90. The van der Waals surface area contributed by atoms with Gasteiger partial charge in [-0.2, -0.15) is 0 Å². The van der Waals surface area contributed by atoms with E-state index in [0.717, 1.165) is 11.1 Å². The van der Waals surface area contributed by atoms with Crippen molar-refractivity contribution in [3.63, 3.8) is 0 Å². The molecule has 5 heteroatoms. The van der Waals surface area contributed by atoms with Gasteiger partial charge >= 0.3 is 0 Å². The van der Waals surface area contributed by atoms with Gasteiger partial charge in [0.1, 0.15) is 11.5 Å². The van der Waals surface area contributed by atoms with E-state index in [4.69, 9.17) is 0 Å². The lowest BCUT2D eigenvalue weighted by Gasteiger charge is -2.16. The SMILES string of the molecule is CNc1cncc(C(=O)NC(C)c2ccccc2C)n1. The molecule has 1 aromatic heterocycles. The Balaban J connectivity index is 2.13. The van der Waals surface area contributed by atoms with Crippen LogP contribution in [0.15, 0.2) is 36.7 Å². The molecule has 0 bridgehead atoms. The zero-order valence-electron chi connectivity index (χ0n) is 11.8. The van der Waals surface area contributed by atoms with Gasteiger partial charge in [0.05, 0.1) is 18.4 Å². The molecule has 1 unspecified atom stereocenters. The molecule has 1 amide bonds. The van der Waals surface area contributed by atoms with Gasteiger partial charge in [-0.1, -0.05) is 24.3 Å². The molecule has 0 aliphatic rings. The van der Waals surface area contributed by atoms with Crippen molar-refractivity contribution in [2.45, 2.75) is 19.9 Å². The number of nitrogens with one attached hydrogen (secondary N) is 2. The highest BCUT2D eigenvalue weighted by Gasteiger charge is 2.14. The molecule has 104 valence electrons. The van der Waals surface area contributed by atoms with E-state index in [1.807, 2.05) is 38.1 Å². The van der Waals surface area contributed by atoms with Crippen LogP contribution in [0.1, 0.15) is 34.6 Å². The molecule has 0 aliphatic heterocycles. The van der Waals surface area contributed by atoms with Crippen LogP contribution in [-0.4, -0.2) is 22.9 Å². The number of carbonyl (C=O) groups excluding carboxylic acids is 1. The molecular formula is C15H18N4O. The number of rotatable bonds is 4. The first-order valence-electron chi connectivity index (χ1n) is 6.48. The zero-order valence-corrected chi connectivity index (χ0v) is 11.8. The van der Waals surface area contributed by atoms with Crippen LogP contribution in [-0.2, 0) is 0 Å². The second-order valence-electron chi connectivity index (χ2n) is 4.59. The van der Waals surface area contributed by atoms with Gasteiger partial charge in [0, 0.05) is 7.05 Å². The molecule has 20 heavy (non-hydrogen) atoms. The monoisotopic (exact) mass is 270 g/mol. The molecule has 1 atom stereocenters. The van der Waals surface area contributed by atoms with Crippen molar-refractivity contribution in [3.8, 4) is 0 Å². The third kappa shape index (κ3) is 3.12. The van der Waals surface area contributed by atoms with Gasteiger partial charge in [0.2, 0.25) is 0 Å². The summed E-state index contributed by atoms with van der Waals surface area (Å²) >= 11 is 0. The summed E-state index contributed by atoms with van der Waals surface area (Å²) in [7, 11) is 1.74. The fourth-order valence-corrected chi connectivity index (χ4v) is 2.02. The lowest BCUT2D eigenvalue weighted by atomic mass is 10.0. The maximum atomic E-state index is 12.2. The van der Waals surface area contributed by atoms with Gasteiger partial charge in [-0.3, -0.25) is 9.78 Å². The van der Waals surface area contributed by atoms with E-state index < -0.39 is 0 Å². The minimum absolute atomic E-state index is 0.0799. The standard InChI is InChI=1S/C15H18N4O/c1-10-6-4-5-7-12(10)11(2)18-15(20)13-8-17-9-14(16-3)19-13/h4-9,11H,1-3H3,(H,16,19)(H,18,20). The predicted molar refractivity (Wildman–Crippen MR) is 78.6 cm³/mol. The second-order valence-corrected chi connectivity index (χ2v) is 4.59. The molecule has 2 rings (SSSR count). The molecule has 2 N–H and O–H groups in total. The number of amides is 1. The highest BCUT2D eigenvalue weighted by atomic mass is 16.1. The summed E-state index contributed by atoms with van der Waals surface area (Å²) in [6.07, 6.45) is 3.03. The van der Waals surface area contributed by atoms with Crippen LogP contribution >= 0.6 is 0 Å². The van der Waals surface area contributed by atoms with E-state index >= 15 is 0 Å². The number of hydrogen-bond donors (Lipinski definition) is 2. The summed E-state index contributed by atoms with van der Waals surface area (Å²) in [4.78, 5) is 20.3. The molecule has 5 nitrogen and oxygen atoms in total. The molecular weight excluding hydrogens is 252 g/mol. The van der Waals surface area contributed by atoms with Crippen LogP contribution in [0.3, 0.4) is 0 Å². The van der Waals surface area contributed by atoms with Crippen LogP contribution in [0.5, 0.6) is 0 Å². The third-order valence-electron chi connectivity index (χ3n) is 3.13. The van der Waals surface area contributed by atoms with Crippen molar-refractivity contribution in [2.75, 3.05) is 12.4 Å². The fourth-order valence-electron chi connectivity index (χ4n) is 2.02. The second kappa shape index (κ2) is 6.14. The molecule has 0 saturated heterocycles. The van der Waals surface area contributed by atoms with Crippen LogP contribution in [0.4, 0.5) is 5.82 Å². The van der Waals surface area contributed by atoms with Crippen molar-refractivity contribution < 1.29 is 4.79 Å². The molecule has 2 aromatic rings. The molecule has 0 spiro atoms. The zero-order chi connectivity index (χ0) is 14.5. The Labute approximate surface area is 118 Å². The Kier molecular flexibility index (Phi) is 4.30. The highest BCUT2D eigenvalue weighted by molar-refractivity contribution is 5.92. The summed E-state index contributed by atoms with van der Waals surface area (Å²) in [6.45, 7) is 3.98. The van der Waals surface area contributed by atoms with Crippen molar-refractivity contribution >= 4 is 11.7 Å². The molecule has 0 aliphatic carbocycles. The Morgan fingerprint density at radius 3 is 2.70 bits per heavy atom. The number of benzene rings is 1. The van der Waals surface area contributed by atoms with E-state index in [-0.39, 0.29) is 11.9 Å². The van der Waals surface area contributed by atoms with Gasteiger partial charge in [-0.05, 0) is 25.0 Å². The minimum atomic E-state index is -0.231. The van der Waals surface area contributed by atoms with Gasteiger partial charge in [-0.15, -0.1) is 0 Å². The summed E-state index contributed by atoms with van der Waals surface area (Å²) in [5, 5.41) is 5.80. The number of nitrogens with zero attached hydrogens (tertiary/aromatic N) is 2. The minimum Gasteiger partial charge on any atom is -0.372 e. The first kappa shape index (κ1) is 14.0. The third-order valence-corrected chi connectivity index (χ3v) is 3.13. The Morgan fingerprint density at radius 1 is 1.25 bits per heavy atom. The van der Waals surface area contributed by atoms with E-state index in [1.54, 1.807) is 13.2 Å². The summed E-state index contributed by atoms with van der Waals surface area (Å²) < 4.78 is 0. The summed E-state index contributed by atoms with van der Waals surface area (Å²) in [5.41, 5.74) is 2.55. The highest BCUT2D eigenvalue weighted by Crippen LogP contribution is 2.17. The topological polar surface area (TPSA) is 66.9 Å². The number of anilines is 1. The van der Waals surface area contributed by atoms with Gasteiger partial charge < -0.3 is 10.6 Å². The van der Waals surface area contributed by atoms with Crippen molar-refractivity contribution in [1.29, 1.82) is 0 Å². The largest absolute Gasteiger partial charge is 0.372 e. The Hall–Kier alpha value is -2.43. The molecule has 0 saturated carbocycles. The first-order valence-corrected chi connectivity index (χ1v) is 6.48. The van der Waals surface area contributed by atoms with Crippen molar-refractivity contribution in [1.82, 2.24) is 15.3 Å². The molecule has 0 radical (unpaired) electrons. The van der Waals surface area contributed by atoms with Gasteiger partial charge in [0.15, 0.2) is 0 Å². The number of hydrogen-bond acceptors (Lipinski definition) is 4. The Bertz CT molecular complexity index is 612. The fraction of sp³-hybridized carbons (Fsp3) is 0.267. The molecule has 1 aromatic carbocycles. The number of aromatic nitrogens is 2. The van der Waals surface area contributed by atoms with Crippen LogP contribution < -0.4 is 10.6 Å². The molecule has 0 fully saturated rings. The maximum absolute atomic E-state index is 12.2. The average Bonchev–Trinajstić information content (AvgIpc) is 2.47. The maximum Gasteiger partial charge on any atom is 0.272 e. The Morgan fingerprint density at radius 2 is 2.00 bits per heavy atom. The quantitative estimate of drug-likeness (QED) is 0.894. The lowest BCUT2D eigenvalue weighted by Crippen LogP contribution is -2.28. The van der Waals surface area contributed by atoms with E-state index in [9.17, 15) is 4.79 Å². The summed E-state index contributed by atoms with van der Waals surface area (Å²) in [5.74, 6) is 0.339. The van der Waals surface area contributed by atoms with E-state index in [1.165, 1.54) is 6.20 Å². The average molecular weight is 270 g/mol. The normalized spacial score (nSPS) is 11.8. The smallest absolute Gasteiger partial charge is 0.272 e. The van der Waals surface area contributed by atoms with Crippen LogP contribution in [0.25, 0.3) is 0 Å². The van der Waals surface area contributed by atoms with Gasteiger partial charge in [0.25, 0.3) is 5.91 Å². The van der Waals surface area contributed by atoms with E-state index in [0.29, 0.717) is 11.5 Å². The lowest BCUT2D eigenvalue weighted by molar-refractivity contribution is 0.0934.